The first kappa shape index (κ1) is 14.7. The Labute approximate surface area is 134 Å². The fourth-order valence-electron chi connectivity index (χ4n) is 2.08. The van der Waals surface area contributed by atoms with Crippen LogP contribution in [0.5, 0.6) is 5.75 Å². The minimum absolute atomic E-state index is 0.206. The maximum absolute atomic E-state index is 5.57. The summed E-state index contributed by atoms with van der Waals surface area (Å²) in [5.41, 5.74) is 2.91. The molecule has 0 radical (unpaired) electrons. The van der Waals surface area contributed by atoms with E-state index in [4.69, 9.17) is 4.74 Å². The van der Waals surface area contributed by atoms with Crippen LogP contribution in [0.25, 0.3) is 11.2 Å². The van der Waals surface area contributed by atoms with Gasteiger partial charge in [-0.3, -0.25) is 0 Å². The van der Waals surface area contributed by atoms with Crippen molar-refractivity contribution in [1.29, 1.82) is 0 Å². The topological polar surface area (TPSA) is 51.2 Å². The molecule has 0 N–H and O–H groups in total. The molecule has 0 aliphatic carbocycles. The Bertz CT molecular complexity index is 878. The number of aromatic nitrogens is 2. The van der Waals surface area contributed by atoms with Crippen molar-refractivity contribution in [2.24, 2.45) is 9.98 Å². The lowest BCUT2D eigenvalue weighted by Crippen LogP contribution is -2.03. The summed E-state index contributed by atoms with van der Waals surface area (Å²) in [6.07, 6.45) is 7.35. The van der Waals surface area contributed by atoms with Crippen LogP contribution in [0.3, 0.4) is 0 Å². The molecule has 0 unspecified atom stereocenters. The molecule has 0 saturated heterocycles. The maximum atomic E-state index is 5.57. The number of aliphatic imine (C=N–C) groups is 2. The van der Waals surface area contributed by atoms with Crippen molar-refractivity contribution in [3.05, 3.63) is 72.8 Å². The Morgan fingerprint density at radius 1 is 1.22 bits per heavy atom. The molecule has 5 heteroatoms. The number of ether oxygens (including phenoxy) is 1. The van der Waals surface area contributed by atoms with Gasteiger partial charge in [0.25, 0.3) is 0 Å². The predicted octanol–water partition coefficient (Wildman–Crippen LogP) is 3.83. The third-order valence-corrected chi connectivity index (χ3v) is 3.31. The van der Waals surface area contributed by atoms with Gasteiger partial charge >= 0.3 is 6.02 Å². The number of rotatable bonds is 3. The highest BCUT2D eigenvalue weighted by Crippen LogP contribution is 2.16. The van der Waals surface area contributed by atoms with E-state index >= 15 is 0 Å². The number of hydrogen-bond donors (Lipinski definition) is 0. The summed E-state index contributed by atoms with van der Waals surface area (Å²) in [6, 6.07) is 13.6. The molecule has 0 saturated carbocycles. The number of pyridine rings is 1. The first-order valence-electron chi connectivity index (χ1n) is 7.13. The van der Waals surface area contributed by atoms with Crippen molar-refractivity contribution in [3.8, 4) is 5.75 Å². The third kappa shape index (κ3) is 3.52. The van der Waals surface area contributed by atoms with Crippen LogP contribution < -0.4 is 4.74 Å². The maximum Gasteiger partial charge on any atom is 0.321 e. The van der Waals surface area contributed by atoms with Crippen LogP contribution in [0.1, 0.15) is 12.5 Å². The molecule has 2 heterocycles. The van der Waals surface area contributed by atoms with E-state index < -0.39 is 0 Å². The second-order valence-corrected chi connectivity index (χ2v) is 4.91. The smallest absolute Gasteiger partial charge is 0.321 e. The molecular formula is C18H16N4O. The molecular weight excluding hydrogens is 288 g/mol. The number of benzene rings is 1. The lowest BCUT2D eigenvalue weighted by atomic mass is 10.1. The molecule has 0 aliphatic rings. The SMILES string of the molecule is C=NC(=N/C=C(\C)c1ccn2ccnc2c1)Oc1ccccc1. The van der Waals surface area contributed by atoms with Gasteiger partial charge in [0.2, 0.25) is 0 Å². The van der Waals surface area contributed by atoms with E-state index in [1.165, 1.54) is 0 Å². The van der Waals surface area contributed by atoms with Gasteiger partial charge in [-0.1, -0.05) is 18.2 Å². The Morgan fingerprint density at radius 3 is 2.83 bits per heavy atom. The molecule has 0 amide bonds. The molecule has 3 aromatic rings. The molecule has 3 rings (SSSR count). The highest BCUT2D eigenvalue weighted by molar-refractivity contribution is 5.82. The largest absolute Gasteiger partial charge is 0.424 e. The monoisotopic (exact) mass is 304 g/mol. The van der Waals surface area contributed by atoms with Crippen LogP contribution in [-0.4, -0.2) is 22.1 Å². The number of nitrogens with zero attached hydrogens (tertiary/aromatic N) is 4. The van der Waals surface area contributed by atoms with Gasteiger partial charge in [0.1, 0.15) is 11.4 Å². The second-order valence-electron chi connectivity index (χ2n) is 4.91. The molecule has 5 nitrogen and oxygen atoms in total. The molecule has 114 valence electrons. The summed E-state index contributed by atoms with van der Waals surface area (Å²) < 4.78 is 7.52. The highest BCUT2D eigenvalue weighted by atomic mass is 16.5. The van der Waals surface area contributed by atoms with E-state index in [-0.39, 0.29) is 6.02 Å². The van der Waals surface area contributed by atoms with Crippen molar-refractivity contribution >= 4 is 24.0 Å². The van der Waals surface area contributed by atoms with Crippen molar-refractivity contribution in [3.63, 3.8) is 0 Å². The van der Waals surface area contributed by atoms with Crippen molar-refractivity contribution in [1.82, 2.24) is 9.38 Å². The van der Waals surface area contributed by atoms with Crippen LogP contribution >= 0.6 is 0 Å². The molecule has 0 fully saturated rings. The number of hydrogen-bond acceptors (Lipinski definition) is 3. The second kappa shape index (κ2) is 6.70. The minimum atomic E-state index is 0.206. The average molecular weight is 304 g/mol. The Hall–Kier alpha value is -3.21. The first-order chi connectivity index (χ1) is 11.3. The Balaban J connectivity index is 1.81. The number of amidine groups is 1. The zero-order valence-electron chi connectivity index (χ0n) is 12.8. The van der Waals surface area contributed by atoms with Gasteiger partial charge in [-0.15, -0.1) is 0 Å². The van der Waals surface area contributed by atoms with Gasteiger partial charge < -0.3 is 9.14 Å². The van der Waals surface area contributed by atoms with Gasteiger partial charge in [-0.05, 0) is 49.0 Å². The van der Waals surface area contributed by atoms with Crippen LogP contribution in [0.2, 0.25) is 0 Å². The van der Waals surface area contributed by atoms with Crippen LogP contribution in [-0.2, 0) is 0 Å². The van der Waals surface area contributed by atoms with E-state index in [0.717, 1.165) is 16.8 Å². The van der Waals surface area contributed by atoms with Crippen molar-refractivity contribution in [2.75, 3.05) is 0 Å². The van der Waals surface area contributed by atoms with Crippen LogP contribution in [0, 0.1) is 0 Å². The van der Waals surface area contributed by atoms with Gasteiger partial charge in [-0.25, -0.2) is 15.0 Å². The standard InChI is InChI=1S/C18H16N4O/c1-14(15-8-10-22-11-9-20-17(22)12-15)13-21-18(19-2)23-16-6-4-3-5-7-16/h3-13H,2H2,1H3/b14-13+,21-18?. The molecule has 2 aromatic heterocycles. The number of allylic oxidation sites excluding steroid dienone is 1. The minimum Gasteiger partial charge on any atom is -0.424 e. The van der Waals surface area contributed by atoms with Gasteiger partial charge in [-0.2, -0.15) is 0 Å². The average Bonchev–Trinajstić information content (AvgIpc) is 3.06. The summed E-state index contributed by atoms with van der Waals surface area (Å²) in [4.78, 5) is 12.3. The van der Waals surface area contributed by atoms with Gasteiger partial charge in [0, 0.05) is 24.8 Å². The predicted molar refractivity (Wildman–Crippen MR) is 92.9 cm³/mol. The molecule has 0 atom stereocenters. The summed E-state index contributed by atoms with van der Waals surface area (Å²) in [6.45, 7) is 5.47. The quantitative estimate of drug-likeness (QED) is 0.545. The normalized spacial score (nSPS) is 12.4. The molecule has 23 heavy (non-hydrogen) atoms. The molecule has 0 aliphatic heterocycles. The fraction of sp³-hybridized carbons (Fsp3) is 0.0556. The van der Waals surface area contributed by atoms with E-state index in [1.807, 2.05) is 66.2 Å². The molecule has 0 spiro atoms. The summed E-state index contributed by atoms with van der Waals surface area (Å²) in [5.74, 6) is 0.670. The van der Waals surface area contributed by atoms with E-state index in [0.29, 0.717) is 5.75 Å². The van der Waals surface area contributed by atoms with Crippen molar-refractivity contribution in [2.45, 2.75) is 6.92 Å². The Morgan fingerprint density at radius 2 is 2.04 bits per heavy atom. The molecule has 1 aromatic carbocycles. The third-order valence-electron chi connectivity index (χ3n) is 3.31. The van der Waals surface area contributed by atoms with E-state index in [2.05, 4.69) is 21.7 Å². The van der Waals surface area contributed by atoms with Gasteiger partial charge in [0.05, 0.1) is 0 Å². The van der Waals surface area contributed by atoms with Crippen molar-refractivity contribution < 1.29 is 4.74 Å². The lowest BCUT2D eigenvalue weighted by Gasteiger charge is -2.04. The zero-order chi connectivity index (χ0) is 16.1. The van der Waals surface area contributed by atoms with E-state index in [9.17, 15) is 0 Å². The van der Waals surface area contributed by atoms with E-state index in [1.54, 1.807) is 12.4 Å². The highest BCUT2D eigenvalue weighted by Gasteiger charge is 2.01. The number of fused-ring (bicyclic) bond motifs is 1. The Kier molecular flexibility index (Phi) is 4.29. The number of imidazole rings is 1. The zero-order valence-corrected chi connectivity index (χ0v) is 12.8. The van der Waals surface area contributed by atoms with Gasteiger partial charge in [0.15, 0.2) is 0 Å². The molecule has 0 bridgehead atoms. The summed E-state index contributed by atoms with van der Waals surface area (Å²) in [7, 11) is 0. The number of para-hydroxylation sites is 1. The van der Waals surface area contributed by atoms with Crippen LogP contribution in [0.15, 0.2) is 77.2 Å². The fourth-order valence-corrected chi connectivity index (χ4v) is 2.08. The summed E-state index contributed by atoms with van der Waals surface area (Å²) >= 11 is 0. The lowest BCUT2D eigenvalue weighted by molar-refractivity contribution is 0.543. The summed E-state index contributed by atoms with van der Waals surface area (Å²) in [5, 5.41) is 0. The first-order valence-corrected chi connectivity index (χ1v) is 7.13. The van der Waals surface area contributed by atoms with Crippen LogP contribution in [0.4, 0.5) is 0 Å².